The Bertz CT molecular complexity index is 625. The summed E-state index contributed by atoms with van der Waals surface area (Å²) < 4.78 is 34.0. The maximum atomic E-state index is 11.5. The average Bonchev–Trinajstić information content (AvgIpc) is 2.45. The van der Waals surface area contributed by atoms with E-state index in [-0.39, 0.29) is 24.1 Å². The van der Waals surface area contributed by atoms with Crippen molar-refractivity contribution >= 4 is 15.7 Å². The number of rotatable bonds is 5. The molecule has 1 unspecified atom stereocenters. The maximum absolute atomic E-state index is 11.5. The van der Waals surface area contributed by atoms with Crippen LogP contribution >= 0.6 is 0 Å². The van der Waals surface area contributed by atoms with Crippen molar-refractivity contribution in [2.45, 2.75) is 30.3 Å². The molecule has 1 aromatic carbocycles. The zero-order valence-corrected chi connectivity index (χ0v) is 12.0. The van der Waals surface area contributed by atoms with Gasteiger partial charge in [0.05, 0.1) is 11.0 Å². The van der Waals surface area contributed by atoms with Crippen molar-refractivity contribution in [3.05, 3.63) is 28.3 Å². The Kier molecular flexibility index (Phi) is 4.76. The molecule has 0 bridgehead atoms. The van der Waals surface area contributed by atoms with E-state index in [9.17, 15) is 18.5 Å². The van der Waals surface area contributed by atoms with Gasteiger partial charge in [-0.25, -0.2) is 13.6 Å². The lowest BCUT2D eigenvalue weighted by atomic mass is 10.1. The van der Waals surface area contributed by atoms with E-state index in [1.54, 1.807) is 0 Å². The fourth-order valence-electron chi connectivity index (χ4n) is 2.07. The molecule has 0 saturated carbocycles. The molecule has 0 aromatic heterocycles. The molecule has 0 aliphatic carbocycles. The van der Waals surface area contributed by atoms with Gasteiger partial charge in [0, 0.05) is 18.7 Å². The quantitative estimate of drug-likeness (QED) is 0.643. The second kappa shape index (κ2) is 6.37. The van der Waals surface area contributed by atoms with Crippen LogP contribution in [-0.4, -0.2) is 32.7 Å². The SMILES string of the molecule is NS(=O)(=O)c1cc([N+](=O)[O-])ccc1OCC1CCCCO1. The van der Waals surface area contributed by atoms with Crippen molar-refractivity contribution in [1.29, 1.82) is 0 Å². The Balaban J connectivity index is 2.19. The number of hydrogen-bond acceptors (Lipinski definition) is 6. The highest BCUT2D eigenvalue weighted by molar-refractivity contribution is 7.89. The van der Waals surface area contributed by atoms with E-state index in [0.29, 0.717) is 6.61 Å². The predicted molar refractivity (Wildman–Crippen MR) is 73.6 cm³/mol. The molecule has 8 nitrogen and oxygen atoms in total. The molecule has 0 radical (unpaired) electrons. The van der Waals surface area contributed by atoms with Crippen LogP contribution in [0.25, 0.3) is 0 Å². The van der Waals surface area contributed by atoms with Crippen molar-refractivity contribution in [3.63, 3.8) is 0 Å². The van der Waals surface area contributed by atoms with Gasteiger partial charge in [-0.1, -0.05) is 0 Å². The fraction of sp³-hybridized carbons (Fsp3) is 0.500. The van der Waals surface area contributed by atoms with E-state index in [2.05, 4.69) is 0 Å². The summed E-state index contributed by atoms with van der Waals surface area (Å²) in [6, 6.07) is 3.30. The molecule has 1 aliphatic rings. The Hall–Kier alpha value is -1.71. The van der Waals surface area contributed by atoms with E-state index in [1.807, 2.05) is 0 Å². The number of hydrogen-bond donors (Lipinski definition) is 1. The highest BCUT2D eigenvalue weighted by Gasteiger charge is 2.22. The number of nitrogens with two attached hydrogens (primary N) is 1. The van der Waals surface area contributed by atoms with Crippen LogP contribution < -0.4 is 9.88 Å². The molecule has 116 valence electrons. The van der Waals surface area contributed by atoms with Crippen molar-refractivity contribution in [2.75, 3.05) is 13.2 Å². The predicted octanol–water partition coefficient (Wildman–Crippen LogP) is 1.19. The molecule has 1 fully saturated rings. The Labute approximate surface area is 122 Å². The van der Waals surface area contributed by atoms with Crippen LogP contribution in [0.4, 0.5) is 5.69 Å². The van der Waals surface area contributed by atoms with Crippen molar-refractivity contribution < 1.29 is 22.8 Å². The summed E-state index contributed by atoms with van der Waals surface area (Å²) >= 11 is 0. The summed E-state index contributed by atoms with van der Waals surface area (Å²) in [5, 5.41) is 15.8. The number of ether oxygens (including phenoxy) is 2. The zero-order chi connectivity index (χ0) is 15.5. The van der Waals surface area contributed by atoms with Crippen molar-refractivity contribution in [3.8, 4) is 5.75 Å². The molecular weight excluding hydrogens is 300 g/mol. The van der Waals surface area contributed by atoms with Crippen LogP contribution in [0.15, 0.2) is 23.1 Å². The molecule has 1 saturated heterocycles. The topological polar surface area (TPSA) is 122 Å². The third-order valence-electron chi connectivity index (χ3n) is 3.14. The number of nitro groups is 1. The van der Waals surface area contributed by atoms with Gasteiger partial charge in [-0.3, -0.25) is 10.1 Å². The number of benzene rings is 1. The molecule has 1 heterocycles. The monoisotopic (exact) mass is 316 g/mol. The highest BCUT2D eigenvalue weighted by Crippen LogP contribution is 2.28. The lowest BCUT2D eigenvalue weighted by molar-refractivity contribution is -0.385. The summed E-state index contributed by atoms with van der Waals surface area (Å²) in [6.45, 7) is 0.830. The molecule has 9 heteroatoms. The number of non-ortho nitro benzene ring substituents is 1. The summed E-state index contributed by atoms with van der Waals surface area (Å²) in [6.07, 6.45) is 2.74. The lowest BCUT2D eigenvalue weighted by Crippen LogP contribution is -2.26. The highest BCUT2D eigenvalue weighted by atomic mass is 32.2. The van der Waals surface area contributed by atoms with Crippen molar-refractivity contribution in [2.24, 2.45) is 5.14 Å². The summed E-state index contributed by atoms with van der Waals surface area (Å²) in [5.41, 5.74) is -0.361. The minimum atomic E-state index is -4.11. The maximum Gasteiger partial charge on any atom is 0.271 e. The van der Waals surface area contributed by atoms with Crippen LogP contribution in [0, 0.1) is 10.1 Å². The Morgan fingerprint density at radius 2 is 2.19 bits per heavy atom. The Morgan fingerprint density at radius 1 is 1.43 bits per heavy atom. The van der Waals surface area contributed by atoms with Crippen LogP contribution in [0.2, 0.25) is 0 Å². The fourth-order valence-corrected chi connectivity index (χ4v) is 2.77. The minimum Gasteiger partial charge on any atom is -0.489 e. The average molecular weight is 316 g/mol. The van der Waals surface area contributed by atoms with Gasteiger partial charge in [-0.2, -0.15) is 0 Å². The van der Waals surface area contributed by atoms with Crippen LogP contribution in [-0.2, 0) is 14.8 Å². The van der Waals surface area contributed by atoms with Gasteiger partial charge in [-0.05, 0) is 25.3 Å². The summed E-state index contributed by atoms with van der Waals surface area (Å²) in [4.78, 5) is 9.62. The zero-order valence-electron chi connectivity index (χ0n) is 11.2. The van der Waals surface area contributed by atoms with Gasteiger partial charge in [0.2, 0.25) is 10.0 Å². The molecule has 1 aliphatic heterocycles. The standard InChI is InChI=1S/C12H16N2O6S/c13-21(17,18)12-7-9(14(15)16)4-5-11(12)20-8-10-3-1-2-6-19-10/h4-5,7,10H,1-3,6,8H2,(H2,13,17,18). The summed E-state index contributed by atoms with van der Waals surface area (Å²) in [5.74, 6) is -0.00252. The number of nitro benzene ring substituents is 1. The molecule has 0 amide bonds. The first-order chi connectivity index (χ1) is 9.88. The molecule has 0 spiro atoms. The third-order valence-corrected chi connectivity index (χ3v) is 4.08. The van der Waals surface area contributed by atoms with Gasteiger partial charge in [0.15, 0.2) is 0 Å². The molecule has 1 aromatic rings. The number of primary sulfonamides is 1. The van der Waals surface area contributed by atoms with E-state index in [1.165, 1.54) is 12.1 Å². The van der Waals surface area contributed by atoms with Gasteiger partial charge in [0.25, 0.3) is 5.69 Å². The van der Waals surface area contributed by atoms with Crippen LogP contribution in [0.3, 0.4) is 0 Å². The molecular formula is C12H16N2O6S. The second-order valence-electron chi connectivity index (χ2n) is 4.73. The molecule has 1 atom stereocenters. The normalized spacial score (nSPS) is 19.2. The van der Waals surface area contributed by atoms with Gasteiger partial charge in [0.1, 0.15) is 17.3 Å². The number of nitrogens with zero attached hydrogens (tertiary/aromatic N) is 1. The summed E-state index contributed by atoms with van der Waals surface area (Å²) in [7, 11) is -4.11. The van der Waals surface area contributed by atoms with E-state index in [0.717, 1.165) is 25.3 Å². The first-order valence-electron chi connectivity index (χ1n) is 6.43. The van der Waals surface area contributed by atoms with Gasteiger partial charge < -0.3 is 9.47 Å². The Morgan fingerprint density at radius 3 is 2.76 bits per heavy atom. The minimum absolute atomic E-state index is 0.00252. The third kappa shape index (κ3) is 4.13. The largest absolute Gasteiger partial charge is 0.489 e. The van der Waals surface area contributed by atoms with Gasteiger partial charge in [-0.15, -0.1) is 0 Å². The first kappa shape index (κ1) is 15.7. The first-order valence-corrected chi connectivity index (χ1v) is 7.98. The van der Waals surface area contributed by atoms with E-state index >= 15 is 0 Å². The van der Waals surface area contributed by atoms with Crippen LogP contribution in [0.5, 0.6) is 5.75 Å². The van der Waals surface area contributed by atoms with Crippen LogP contribution in [0.1, 0.15) is 19.3 Å². The van der Waals surface area contributed by atoms with E-state index < -0.39 is 19.8 Å². The lowest BCUT2D eigenvalue weighted by Gasteiger charge is -2.23. The molecule has 2 N–H and O–H groups in total. The smallest absolute Gasteiger partial charge is 0.271 e. The van der Waals surface area contributed by atoms with Gasteiger partial charge >= 0.3 is 0 Å². The molecule has 21 heavy (non-hydrogen) atoms. The van der Waals surface area contributed by atoms with E-state index in [4.69, 9.17) is 14.6 Å². The van der Waals surface area contributed by atoms with Crippen molar-refractivity contribution in [1.82, 2.24) is 0 Å². The number of sulfonamides is 1. The second-order valence-corrected chi connectivity index (χ2v) is 6.26. The molecule has 2 rings (SSSR count).